The predicted octanol–water partition coefficient (Wildman–Crippen LogP) is 6.97. The largest absolute Gasteiger partial charge is 0.147 e. The van der Waals surface area contributed by atoms with Crippen LogP contribution in [-0.2, 0) is 21.7 Å². The van der Waals surface area contributed by atoms with Crippen LogP contribution >= 0.6 is 24.8 Å². The van der Waals surface area contributed by atoms with Crippen LogP contribution < -0.4 is 0 Å². The fourth-order valence-corrected chi connectivity index (χ4v) is 2.16. The summed E-state index contributed by atoms with van der Waals surface area (Å²) in [6, 6.07) is 0. The zero-order valence-electron chi connectivity index (χ0n) is 13.4. The Hall–Kier alpha value is 0.254. The molecule has 0 aromatic heterocycles. The van der Waals surface area contributed by atoms with Crippen molar-refractivity contribution in [2.45, 2.75) is 65.2 Å². The van der Waals surface area contributed by atoms with E-state index in [2.05, 4.69) is 50.3 Å². The molecule has 2 rings (SSSR count). The van der Waals surface area contributed by atoms with Crippen LogP contribution in [0.15, 0.2) is 47.6 Å². The number of halogens is 2. The Kier molecular flexibility index (Phi) is 22.8. The molecule has 0 fully saturated rings. The molecule has 0 radical (unpaired) electrons. The average molecular weight is 365 g/mol. The molecule has 3 heteroatoms. The predicted molar refractivity (Wildman–Crippen MR) is 97.2 cm³/mol. The molecular weight excluding hydrogens is 335 g/mol. The summed E-state index contributed by atoms with van der Waals surface area (Å²) in [5, 5.41) is 0. The van der Waals surface area contributed by atoms with Gasteiger partial charge in [0.1, 0.15) is 0 Å². The van der Waals surface area contributed by atoms with Crippen LogP contribution in [0.1, 0.15) is 65.2 Å². The van der Waals surface area contributed by atoms with E-state index in [0.717, 1.165) is 0 Å². The van der Waals surface area contributed by atoms with Gasteiger partial charge in [-0.2, -0.15) is 0 Å². The third kappa shape index (κ3) is 13.6. The Morgan fingerprint density at radius 1 is 0.762 bits per heavy atom. The van der Waals surface area contributed by atoms with Crippen LogP contribution in [-0.4, -0.2) is 0 Å². The van der Waals surface area contributed by atoms with Crippen molar-refractivity contribution in [3.8, 4) is 0 Å². The molecule has 21 heavy (non-hydrogen) atoms. The molecule has 0 aromatic carbocycles. The van der Waals surface area contributed by atoms with Crippen LogP contribution in [0, 0.1) is 0 Å². The second-order valence-electron chi connectivity index (χ2n) is 5.12. The van der Waals surface area contributed by atoms with Gasteiger partial charge in [-0.3, -0.25) is 0 Å². The molecule has 0 N–H and O–H groups in total. The Labute approximate surface area is 158 Å². The smallest absolute Gasteiger partial charge is 0 e. The summed E-state index contributed by atoms with van der Waals surface area (Å²) in [5.74, 6) is 0. The standard InChI is InChI=1S/2C9H14.2ClH.Ti/c2*1-2-3-6-9-7-4-5-8-9;;;/h2*4-5,7H,2-3,6,8H2,1H3;2*1H;. The first-order valence-electron chi connectivity index (χ1n) is 7.56. The molecule has 0 saturated carbocycles. The van der Waals surface area contributed by atoms with Crippen LogP contribution in [0.3, 0.4) is 0 Å². The summed E-state index contributed by atoms with van der Waals surface area (Å²) < 4.78 is 0. The van der Waals surface area contributed by atoms with Gasteiger partial charge in [-0.05, 0) is 38.5 Å². The Morgan fingerprint density at radius 3 is 1.38 bits per heavy atom. The molecule has 120 valence electrons. The fourth-order valence-electron chi connectivity index (χ4n) is 2.16. The molecule has 0 amide bonds. The van der Waals surface area contributed by atoms with Gasteiger partial charge in [0.2, 0.25) is 0 Å². The summed E-state index contributed by atoms with van der Waals surface area (Å²) in [6.45, 7) is 4.48. The normalized spacial score (nSPS) is 14.0. The van der Waals surface area contributed by atoms with Crippen LogP contribution in [0.25, 0.3) is 0 Å². The van der Waals surface area contributed by atoms with Gasteiger partial charge in [0, 0.05) is 21.7 Å². The summed E-state index contributed by atoms with van der Waals surface area (Å²) in [7, 11) is 0. The molecule has 0 heterocycles. The van der Waals surface area contributed by atoms with Crippen molar-refractivity contribution in [3.63, 3.8) is 0 Å². The van der Waals surface area contributed by atoms with E-state index in [9.17, 15) is 0 Å². The number of hydrogen-bond donors (Lipinski definition) is 0. The van der Waals surface area contributed by atoms with Crippen LogP contribution in [0.4, 0.5) is 0 Å². The van der Waals surface area contributed by atoms with E-state index in [1.165, 1.54) is 51.4 Å². The molecule has 0 atom stereocenters. The Balaban J connectivity index is -0.000000270. The molecule has 0 saturated heterocycles. The van der Waals surface area contributed by atoms with Gasteiger partial charge in [0.25, 0.3) is 0 Å². The maximum atomic E-state index is 2.25. The third-order valence-electron chi connectivity index (χ3n) is 3.40. The van der Waals surface area contributed by atoms with E-state index in [0.29, 0.717) is 0 Å². The summed E-state index contributed by atoms with van der Waals surface area (Å²) >= 11 is 0. The van der Waals surface area contributed by atoms with Crippen molar-refractivity contribution in [1.82, 2.24) is 0 Å². The molecule has 2 aliphatic rings. The molecule has 2 aliphatic carbocycles. The first-order chi connectivity index (χ1) is 8.86. The summed E-state index contributed by atoms with van der Waals surface area (Å²) in [6.07, 6.45) is 23.6. The van der Waals surface area contributed by atoms with E-state index in [1.54, 1.807) is 11.1 Å². The van der Waals surface area contributed by atoms with Gasteiger partial charge < -0.3 is 0 Å². The van der Waals surface area contributed by atoms with E-state index in [4.69, 9.17) is 0 Å². The maximum Gasteiger partial charge on any atom is 0 e. The van der Waals surface area contributed by atoms with Gasteiger partial charge in [-0.15, -0.1) is 24.8 Å². The molecule has 0 spiro atoms. The zero-order valence-corrected chi connectivity index (χ0v) is 16.6. The molecule has 0 aliphatic heterocycles. The molecular formula is C18H30Cl2Ti. The fraction of sp³-hybridized carbons (Fsp3) is 0.556. The number of unbranched alkanes of at least 4 members (excludes halogenated alkanes) is 2. The minimum atomic E-state index is 0. The first-order valence-corrected chi connectivity index (χ1v) is 7.56. The van der Waals surface area contributed by atoms with Crippen LogP contribution in [0.2, 0.25) is 0 Å². The SMILES string of the molecule is CCCCC1=CC=CC1.CCCCC1=CC=CC1.Cl.Cl.[Ti]. The van der Waals surface area contributed by atoms with Crippen molar-refractivity contribution in [2.75, 3.05) is 0 Å². The van der Waals surface area contributed by atoms with Crippen LogP contribution in [0.5, 0.6) is 0 Å². The topological polar surface area (TPSA) is 0 Å². The van der Waals surface area contributed by atoms with E-state index in [-0.39, 0.29) is 46.5 Å². The van der Waals surface area contributed by atoms with Gasteiger partial charge in [-0.25, -0.2) is 0 Å². The minimum absolute atomic E-state index is 0. The second-order valence-corrected chi connectivity index (χ2v) is 5.12. The monoisotopic (exact) mass is 364 g/mol. The number of rotatable bonds is 6. The summed E-state index contributed by atoms with van der Waals surface area (Å²) in [4.78, 5) is 0. The van der Waals surface area contributed by atoms with Gasteiger partial charge in [-0.1, -0.05) is 74.3 Å². The van der Waals surface area contributed by atoms with Gasteiger partial charge >= 0.3 is 0 Å². The van der Waals surface area contributed by atoms with Crippen molar-refractivity contribution in [3.05, 3.63) is 47.6 Å². The zero-order chi connectivity index (χ0) is 13.1. The van der Waals surface area contributed by atoms with E-state index >= 15 is 0 Å². The molecule has 0 bridgehead atoms. The Bertz CT molecular complexity index is 307. The van der Waals surface area contributed by atoms with E-state index < -0.39 is 0 Å². The molecule has 0 nitrogen and oxygen atoms in total. The van der Waals surface area contributed by atoms with Crippen molar-refractivity contribution < 1.29 is 21.7 Å². The molecule has 0 aromatic rings. The second kappa shape index (κ2) is 18.3. The number of allylic oxidation sites excluding steroid dienone is 8. The molecule has 0 unspecified atom stereocenters. The van der Waals surface area contributed by atoms with Crippen molar-refractivity contribution in [2.24, 2.45) is 0 Å². The quantitative estimate of drug-likeness (QED) is 0.446. The van der Waals surface area contributed by atoms with Crippen molar-refractivity contribution >= 4 is 24.8 Å². The minimum Gasteiger partial charge on any atom is -0.147 e. The summed E-state index contributed by atoms with van der Waals surface area (Å²) in [5.41, 5.74) is 3.22. The maximum absolute atomic E-state index is 2.25. The first kappa shape index (κ1) is 26.2. The Morgan fingerprint density at radius 2 is 1.14 bits per heavy atom. The number of hydrogen-bond acceptors (Lipinski definition) is 0. The third-order valence-corrected chi connectivity index (χ3v) is 3.40. The average Bonchev–Trinajstić information content (AvgIpc) is 3.07. The van der Waals surface area contributed by atoms with E-state index in [1.807, 2.05) is 0 Å². The van der Waals surface area contributed by atoms with Crippen molar-refractivity contribution in [1.29, 1.82) is 0 Å². The van der Waals surface area contributed by atoms with Gasteiger partial charge in [0.15, 0.2) is 0 Å². The van der Waals surface area contributed by atoms with Gasteiger partial charge in [0.05, 0.1) is 0 Å².